The fourth-order valence-electron chi connectivity index (χ4n) is 0.963. The van der Waals surface area contributed by atoms with Crippen molar-refractivity contribution >= 4 is 28.2 Å². The van der Waals surface area contributed by atoms with E-state index in [9.17, 15) is 19.7 Å². The van der Waals surface area contributed by atoms with Crippen LogP contribution in [0.1, 0.15) is 9.67 Å². The molecule has 0 saturated heterocycles. The average molecular weight is 260 g/mol. The Balaban J connectivity index is 2.75. The third-order valence-electron chi connectivity index (χ3n) is 1.78. The molecule has 1 amide bonds. The molecule has 3 N–H and O–H groups in total. The zero-order valence-corrected chi connectivity index (χ0v) is 9.14. The molecule has 1 aromatic heterocycles. The molecule has 17 heavy (non-hydrogen) atoms. The van der Waals surface area contributed by atoms with Crippen molar-refractivity contribution in [2.24, 2.45) is 0 Å². The summed E-state index contributed by atoms with van der Waals surface area (Å²) in [5.74, 6) is -2.16. The molecule has 0 saturated carbocycles. The number of thiophene rings is 1. The van der Waals surface area contributed by atoms with E-state index in [1.807, 2.05) is 5.32 Å². The van der Waals surface area contributed by atoms with Crippen LogP contribution in [0.25, 0.3) is 0 Å². The van der Waals surface area contributed by atoms with Gasteiger partial charge in [0, 0.05) is 6.07 Å². The van der Waals surface area contributed by atoms with Crippen molar-refractivity contribution in [1.82, 2.24) is 5.32 Å². The van der Waals surface area contributed by atoms with Crippen molar-refractivity contribution in [1.29, 1.82) is 0 Å². The van der Waals surface area contributed by atoms with E-state index in [0.717, 1.165) is 6.07 Å². The Hall–Kier alpha value is -2.00. The molecule has 0 aromatic carbocycles. The number of aliphatic carboxylic acids is 1. The number of nitro groups is 1. The molecule has 0 aliphatic rings. The lowest BCUT2D eigenvalue weighted by molar-refractivity contribution is -0.380. The quantitative estimate of drug-likeness (QED) is 0.497. The van der Waals surface area contributed by atoms with Gasteiger partial charge in [0.1, 0.15) is 0 Å². The van der Waals surface area contributed by atoms with Gasteiger partial charge in [-0.2, -0.15) is 0 Å². The van der Waals surface area contributed by atoms with Crippen LogP contribution < -0.4 is 5.32 Å². The molecule has 1 atom stereocenters. The Bertz CT molecular complexity index is 457. The minimum Gasteiger partial charge on any atom is -0.480 e. The summed E-state index contributed by atoms with van der Waals surface area (Å²) in [7, 11) is 0. The lowest BCUT2D eigenvalue weighted by Gasteiger charge is -2.09. The van der Waals surface area contributed by atoms with E-state index in [1.165, 1.54) is 6.07 Å². The summed E-state index contributed by atoms with van der Waals surface area (Å²) in [6, 6.07) is 0.937. The third-order valence-corrected chi connectivity index (χ3v) is 2.82. The monoisotopic (exact) mass is 260 g/mol. The summed E-state index contributed by atoms with van der Waals surface area (Å²) >= 11 is 0.628. The van der Waals surface area contributed by atoms with Crippen molar-refractivity contribution in [3.63, 3.8) is 0 Å². The Kier molecular flexibility index (Phi) is 4.12. The molecule has 0 aliphatic heterocycles. The maximum absolute atomic E-state index is 11.5. The number of aliphatic hydroxyl groups is 1. The van der Waals surface area contributed by atoms with Gasteiger partial charge in [-0.25, -0.2) is 4.79 Å². The molecule has 1 aromatic rings. The largest absolute Gasteiger partial charge is 0.480 e. The molecule has 0 unspecified atom stereocenters. The molecule has 0 fully saturated rings. The predicted octanol–water partition coefficient (Wildman–Crippen LogP) is -0.168. The van der Waals surface area contributed by atoms with E-state index in [0.29, 0.717) is 11.3 Å². The summed E-state index contributed by atoms with van der Waals surface area (Å²) in [5, 5.41) is 29.5. The van der Waals surface area contributed by atoms with E-state index in [2.05, 4.69) is 0 Å². The fraction of sp³-hybridized carbons (Fsp3) is 0.250. The number of aliphatic hydroxyl groups excluding tert-OH is 1. The Morgan fingerprint density at radius 2 is 2.18 bits per heavy atom. The van der Waals surface area contributed by atoms with Gasteiger partial charge in [-0.05, 0) is 6.07 Å². The highest BCUT2D eigenvalue weighted by Crippen LogP contribution is 2.23. The van der Waals surface area contributed by atoms with Gasteiger partial charge in [0.25, 0.3) is 5.91 Å². The summed E-state index contributed by atoms with van der Waals surface area (Å²) in [5.41, 5.74) is 0. The van der Waals surface area contributed by atoms with Gasteiger partial charge in [-0.15, -0.1) is 0 Å². The fourth-order valence-corrected chi connectivity index (χ4v) is 1.69. The number of carbonyl (C=O) groups excluding carboxylic acids is 1. The summed E-state index contributed by atoms with van der Waals surface area (Å²) in [4.78, 5) is 31.7. The van der Waals surface area contributed by atoms with E-state index in [1.54, 1.807) is 0 Å². The van der Waals surface area contributed by atoms with Crippen LogP contribution in [0.4, 0.5) is 5.00 Å². The molecule has 0 spiro atoms. The van der Waals surface area contributed by atoms with Crippen LogP contribution in [0.5, 0.6) is 0 Å². The zero-order valence-electron chi connectivity index (χ0n) is 8.32. The maximum Gasteiger partial charge on any atom is 0.328 e. The van der Waals surface area contributed by atoms with Gasteiger partial charge < -0.3 is 15.5 Å². The molecule has 1 heterocycles. The number of carbonyl (C=O) groups is 2. The number of nitrogens with one attached hydrogen (secondary N) is 1. The van der Waals surface area contributed by atoms with Crippen LogP contribution in [-0.4, -0.2) is 39.7 Å². The van der Waals surface area contributed by atoms with Crippen molar-refractivity contribution in [3.05, 3.63) is 27.1 Å². The van der Waals surface area contributed by atoms with Gasteiger partial charge in [0.15, 0.2) is 6.04 Å². The first kappa shape index (κ1) is 13.1. The van der Waals surface area contributed by atoms with Crippen LogP contribution in [0.3, 0.4) is 0 Å². The topological polar surface area (TPSA) is 130 Å². The van der Waals surface area contributed by atoms with Crippen molar-refractivity contribution < 1.29 is 24.7 Å². The molecule has 0 aliphatic carbocycles. The Morgan fingerprint density at radius 1 is 1.53 bits per heavy atom. The normalized spacial score (nSPS) is 11.8. The van der Waals surface area contributed by atoms with Gasteiger partial charge in [-0.1, -0.05) is 11.3 Å². The molecular formula is C8H8N2O6S. The first-order valence-corrected chi connectivity index (χ1v) is 5.16. The Morgan fingerprint density at radius 3 is 2.59 bits per heavy atom. The lowest BCUT2D eigenvalue weighted by Crippen LogP contribution is -2.43. The zero-order chi connectivity index (χ0) is 13.0. The smallest absolute Gasteiger partial charge is 0.328 e. The van der Waals surface area contributed by atoms with Crippen LogP contribution in [0.15, 0.2) is 12.1 Å². The predicted molar refractivity (Wildman–Crippen MR) is 56.9 cm³/mol. The third kappa shape index (κ3) is 3.23. The number of hydrogen-bond donors (Lipinski definition) is 3. The number of amides is 1. The number of nitrogens with zero attached hydrogens (tertiary/aromatic N) is 1. The highest BCUT2D eigenvalue weighted by Gasteiger charge is 2.22. The maximum atomic E-state index is 11.5. The molecule has 9 heteroatoms. The summed E-state index contributed by atoms with van der Waals surface area (Å²) in [6.07, 6.45) is 0. The van der Waals surface area contributed by atoms with Gasteiger partial charge >= 0.3 is 11.0 Å². The minimum atomic E-state index is -1.43. The van der Waals surface area contributed by atoms with Crippen molar-refractivity contribution in [2.45, 2.75) is 6.04 Å². The van der Waals surface area contributed by atoms with Crippen LogP contribution in [0.2, 0.25) is 0 Å². The first-order valence-electron chi connectivity index (χ1n) is 4.34. The second-order valence-electron chi connectivity index (χ2n) is 2.94. The van der Waals surface area contributed by atoms with Gasteiger partial charge in [-0.3, -0.25) is 14.9 Å². The van der Waals surface area contributed by atoms with Gasteiger partial charge in [0.05, 0.1) is 16.4 Å². The Labute approximate surface area is 98.6 Å². The number of carboxylic acid groups (broad SMARTS) is 1. The standard InChI is InChI=1S/C8H8N2O6S/c11-3-4(8(13)14)9-7(12)5-1-2-6(17-5)10(15)16/h1-2,4,11H,3H2,(H,9,12)(H,13,14)/t4-/m1/s1. The number of hydrogen-bond acceptors (Lipinski definition) is 6. The SMILES string of the molecule is O=C(N[C@H](CO)C(=O)O)c1ccc([N+](=O)[O-])s1. The molecular weight excluding hydrogens is 252 g/mol. The summed E-state index contributed by atoms with van der Waals surface area (Å²) < 4.78 is 0. The molecule has 1 rings (SSSR count). The second-order valence-corrected chi connectivity index (χ2v) is 4.00. The lowest BCUT2D eigenvalue weighted by atomic mass is 10.3. The highest BCUT2D eigenvalue weighted by atomic mass is 32.1. The minimum absolute atomic E-state index is 0.0106. The van der Waals surface area contributed by atoms with Crippen molar-refractivity contribution in [3.8, 4) is 0 Å². The van der Waals surface area contributed by atoms with Crippen LogP contribution in [0, 0.1) is 10.1 Å². The number of rotatable bonds is 5. The molecule has 0 radical (unpaired) electrons. The summed E-state index contributed by atoms with van der Waals surface area (Å²) in [6.45, 7) is -0.755. The first-order chi connectivity index (χ1) is 7.95. The van der Waals surface area contributed by atoms with Gasteiger partial charge in [0.2, 0.25) is 0 Å². The molecule has 0 bridgehead atoms. The van der Waals surface area contributed by atoms with E-state index < -0.39 is 29.4 Å². The molecule has 92 valence electrons. The van der Waals surface area contributed by atoms with E-state index in [-0.39, 0.29) is 9.88 Å². The van der Waals surface area contributed by atoms with Crippen molar-refractivity contribution in [2.75, 3.05) is 6.61 Å². The number of carboxylic acids is 1. The highest BCUT2D eigenvalue weighted by molar-refractivity contribution is 7.17. The second kappa shape index (κ2) is 5.37. The van der Waals surface area contributed by atoms with E-state index >= 15 is 0 Å². The molecule has 8 nitrogen and oxygen atoms in total. The van der Waals surface area contributed by atoms with Crippen LogP contribution in [-0.2, 0) is 4.79 Å². The average Bonchev–Trinajstić information content (AvgIpc) is 2.74. The van der Waals surface area contributed by atoms with E-state index in [4.69, 9.17) is 10.2 Å². The van der Waals surface area contributed by atoms with Crippen LogP contribution >= 0.6 is 11.3 Å².